The van der Waals surface area contributed by atoms with Crippen LogP contribution < -0.4 is 9.64 Å². The van der Waals surface area contributed by atoms with Crippen LogP contribution in [0, 0.1) is 29.1 Å². The van der Waals surface area contributed by atoms with Crippen LogP contribution in [-0.2, 0) is 4.79 Å². The first-order valence-electron chi connectivity index (χ1n) is 8.02. The molecular formula is C19H12F5NO3. The Morgan fingerprint density at radius 1 is 1.04 bits per heavy atom. The highest BCUT2D eigenvalue weighted by molar-refractivity contribution is 6.24. The Kier molecular flexibility index (Phi) is 4.93. The number of carbonyl (C=O) groups excluding carboxylic acids is 2. The van der Waals surface area contributed by atoms with E-state index in [9.17, 15) is 31.5 Å². The summed E-state index contributed by atoms with van der Waals surface area (Å²) < 4.78 is 74.0. The van der Waals surface area contributed by atoms with Crippen LogP contribution in [0.2, 0.25) is 0 Å². The number of nitrogens with zero attached hydrogens (tertiary/aromatic N) is 1. The highest BCUT2D eigenvalue weighted by atomic mass is 19.2. The van der Waals surface area contributed by atoms with E-state index in [4.69, 9.17) is 4.74 Å². The van der Waals surface area contributed by atoms with Crippen molar-refractivity contribution in [1.82, 2.24) is 0 Å². The topological polar surface area (TPSA) is 46.6 Å². The van der Waals surface area contributed by atoms with E-state index in [0.29, 0.717) is 10.5 Å². The Hall–Kier alpha value is -3.23. The molecule has 1 heterocycles. The van der Waals surface area contributed by atoms with Gasteiger partial charge in [0.05, 0.1) is 5.69 Å². The molecule has 1 aliphatic rings. The second-order valence-electron chi connectivity index (χ2n) is 5.88. The monoisotopic (exact) mass is 397 g/mol. The van der Waals surface area contributed by atoms with Gasteiger partial charge in [-0.2, -0.15) is 0 Å². The Morgan fingerprint density at radius 3 is 2.18 bits per heavy atom. The van der Waals surface area contributed by atoms with E-state index in [1.807, 2.05) is 0 Å². The minimum atomic E-state index is -2.40. The summed E-state index contributed by atoms with van der Waals surface area (Å²) >= 11 is 0. The van der Waals surface area contributed by atoms with Gasteiger partial charge in [-0.3, -0.25) is 9.59 Å². The number of rotatable bonds is 2. The van der Waals surface area contributed by atoms with E-state index in [1.165, 1.54) is 19.1 Å². The van der Waals surface area contributed by atoms with Crippen LogP contribution in [0.5, 0.6) is 5.75 Å². The summed E-state index contributed by atoms with van der Waals surface area (Å²) in [5.74, 6) is -14.2. The molecule has 3 rings (SSSR count). The molecule has 1 aliphatic heterocycles. The molecule has 2 aromatic rings. The molecule has 0 saturated heterocycles. The van der Waals surface area contributed by atoms with E-state index in [1.54, 1.807) is 25.1 Å². The van der Waals surface area contributed by atoms with Crippen molar-refractivity contribution in [3.8, 4) is 5.75 Å². The highest BCUT2D eigenvalue weighted by Gasteiger charge is 2.41. The number of amides is 2. The molecule has 0 saturated carbocycles. The highest BCUT2D eigenvalue weighted by Crippen LogP contribution is 2.39. The number of anilines is 1. The number of ether oxygens (including phenoxy) is 1. The molecule has 0 bridgehead atoms. The molecule has 1 atom stereocenters. The van der Waals surface area contributed by atoms with Crippen molar-refractivity contribution in [2.45, 2.75) is 20.0 Å². The Labute approximate surface area is 155 Å². The molecule has 9 heteroatoms. The smallest absolute Gasteiger partial charge is 0.274 e. The lowest BCUT2D eigenvalue weighted by Crippen LogP contribution is -2.48. The molecule has 2 amide bonds. The van der Waals surface area contributed by atoms with Gasteiger partial charge in [0.2, 0.25) is 5.82 Å². The SMILES string of the molecule is C/C=C/c1cccc2c1OC(C)C(=O)N2C(=O)c1c(F)c(F)c(F)c(F)c1F. The lowest BCUT2D eigenvalue weighted by Gasteiger charge is -2.32. The minimum Gasteiger partial charge on any atom is -0.478 e. The summed E-state index contributed by atoms with van der Waals surface area (Å²) in [7, 11) is 0. The Bertz CT molecular complexity index is 1010. The van der Waals surface area contributed by atoms with Gasteiger partial charge < -0.3 is 4.74 Å². The zero-order valence-electron chi connectivity index (χ0n) is 14.5. The van der Waals surface area contributed by atoms with Gasteiger partial charge >= 0.3 is 0 Å². The van der Waals surface area contributed by atoms with Crippen molar-refractivity contribution in [3.05, 3.63) is 64.5 Å². The first-order valence-corrected chi connectivity index (χ1v) is 8.02. The number of allylic oxidation sites excluding steroid dienone is 1. The van der Waals surface area contributed by atoms with E-state index in [2.05, 4.69) is 0 Å². The third-order valence-corrected chi connectivity index (χ3v) is 4.10. The van der Waals surface area contributed by atoms with Gasteiger partial charge in [0.1, 0.15) is 5.56 Å². The molecular weight excluding hydrogens is 385 g/mol. The van der Waals surface area contributed by atoms with Gasteiger partial charge in [-0.1, -0.05) is 24.3 Å². The normalized spacial score (nSPS) is 16.3. The third-order valence-electron chi connectivity index (χ3n) is 4.10. The fourth-order valence-electron chi connectivity index (χ4n) is 2.80. The van der Waals surface area contributed by atoms with Gasteiger partial charge in [-0.05, 0) is 19.9 Å². The van der Waals surface area contributed by atoms with Crippen molar-refractivity contribution in [1.29, 1.82) is 0 Å². The number of fused-ring (bicyclic) bond motifs is 1. The molecule has 0 aliphatic carbocycles. The van der Waals surface area contributed by atoms with Gasteiger partial charge in [0, 0.05) is 5.56 Å². The molecule has 1 unspecified atom stereocenters. The summed E-state index contributed by atoms with van der Waals surface area (Å²) in [6, 6.07) is 4.30. The Balaban J connectivity index is 2.24. The van der Waals surface area contributed by atoms with Gasteiger partial charge in [0.15, 0.2) is 35.1 Å². The summed E-state index contributed by atoms with van der Waals surface area (Å²) in [5.41, 5.74) is -1.44. The maximum atomic E-state index is 14.1. The van der Waals surface area contributed by atoms with Crippen LogP contribution in [0.15, 0.2) is 24.3 Å². The van der Waals surface area contributed by atoms with Crippen molar-refractivity contribution >= 4 is 23.6 Å². The first kappa shape index (κ1) is 19.5. The largest absolute Gasteiger partial charge is 0.478 e. The molecule has 4 nitrogen and oxygen atoms in total. The van der Waals surface area contributed by atoms with Crippen molar-refractivity contribution in [2.24, 2.45) is 0 Å². The van der Waals surface area contributed by atoms with Gasteiger partial charge in [0.25, 0.3) is 11.8 Å². The second kappa shape index (κ2) is 7.06. The van der Waals surface area contributed by atoms with E-state index in [-0.39, 0.29) is 11.4 Å². The maximum absolute atomic E-state index is 14.1. The van der Waals surface area contributed by atoms with Crippen molar-refractivity contribution < 1.29 is 36.3 Å². The predicted molar refractivity (Wildman–Crippen MR) is 89.3 cm³/mol. The number of benzene rings is 2. The minimum absolute atomic E-state index is 0.0601. The summed E-state index contributed by atoms with van der Waals surface area (Å²) in [6.45, 7) is 2.99. The lowest BCUT2D eigenvalue weighted by molar-refractivity contribution is -0.124. The van der Waals surface area contributed by atoms with Crippen molar-refractivity contribution in [3.63, 3.8) is 0 Å². The van der Waals surface area contributed by atoms with Gasteiger partial charge in [-0.25, -0.2) is 26.9 Å². The maximum Gasteiger partial charge on any atom is 0.274 e. The van der Waals surface area contributed by atoms with Crippen LogP contribution in [0.3, 0.4) is 0 Å². The number of hydrogen-bond donors (Lipinski definition) is 0. The number of para-hydroxylation sites is 1. The molecule has 28 heavy (non-hydrogen) atoms. The molecule has 146 valence electrons. The fraction of sp³-hybridized carbons (Fsp3) is 0.158. The molecule has 2 aromatic carbocycles. The lowest BCUT2D eigenvalue weighted by atomic mass is 10.1. The number of hydrogen-bond acceptors (Lipinski definition) is 3. The predicted octanol–water partition coefficient (Wildman–Crippen LogP) is 4.37. The zero-order valence-corrected chi connectivity index (χ0v) is 14.5. The number of halogens is 5. The van der Waals surface area contributed by atoms with Crippen LogP contribution in [0.1, 0.15) is 29.8 Å². The average molecular weight is 397 g/mol. The first-order chi connectivity index (χ1) is 13.2. The quantitative estimate of drug-likeness (QED) is 0.327. The summed E-state index contributed by atoms with van der Waals surface area (Å²) in [5, 5.41) is 0. The van der Waals surface area contributed by atoms with E-state index < -0.39 is 52.6 Å². The zero-order chi connectivity index (χ0) is 20.7. The van der Waals surface area contributed by atoms with Gasteiger partial charge in [-0.15, -0.1) is 0 Å². The van der Waals surface area contributed by atoms with Crippen molar-refractivity contribution in [2.75, 3.05) is 4.90 Å². The number of imide groups is 1. The molecule has 0 fully saturated rings. The molecule has 0 aromatic heterocycles. The van der Waals surface area contributed by atoms with E-state index in [0.717, 1.165) is 0 Å². The average Bonchev–Trinajstić information content (AvgIpc) is 2.66. The standard InChI is InChI=1S/C19H12F5NO3/c1-3-5-9-6-4-7-10-17(9)28-8(2)18(26)25(10)19(27)11-12(20)14(22)16(24)15(23)13(11)21/h3-8H,1-2H3/b5-3+. The third kappa shape index (κ3) is 2.83. The molecule has 0 spiro atoms. The Morgan fingerprint density at radius 2 is 1.61 bits per heavy atom. The van der Waals surface area contributed by atoms with E-state index >= 15 is 0 Å². The summed E-state index contributed by atoms with van der Waals surface area (Å²) in [4.78, 5) is 25.6. The fourth-order valence-corrected chi connectivity index (χ4v) is 2.80. The summed E-state index contributed by atoms with van der Waals surface area (Å²) in [6.07, 6.45) is 2.02. The number of carbonyl (C=O) groups is 2. The second-order valence-corrected chi connectivity index (χ2v) is 5.88. The van der Waals surface area contributed by atoms with Crippen LogP contribution in [0.25, 0.3) is 6.08 Å². The van der Waals surface area contributed by atoms with Crippen LogP contribution >= 0.6 is 0 Å². The van der Waals surface area contributed by atoms with Crippen LogP contribution in [-0.4, -0.2) is 17.9 Å². The van der Waals surface area contributed by atoms with Crippen LogP contribution in [0.4, 0.5) is 27.6 Å². The molecule has 0 N–H and O–H groups in total. The molecule has 0 radical (unpaired) electrons.